The molecule has 0 aliphatic carbocycles. The van der Waals surface area contributed by atoms with Gasteiger partial charge in [-0.15, -0.1) is 0 Å². The van der Waals surface area contributed by atoms with Crippen molar-refractivity contribution in [3.05, 3.63) is 60.8 Å². The van der Waals surface area contributed by atoms with E-state index in [0.29, 0.717) is 19.3 Å². The maximum atomic E-state index is 12.5. The van der Waals surface area contributed by atoms with Gasteiger partial charge in [-0.1, -0.05) is 204 Å². The van der Waals surface area contributed by atoms with Crippen LogP contribution in [0.3, 0.4) is 0 Å². The maximum absolute atomic E-state index is 12.5. The second kappa shape index (κ2) is 45.8. The summed E-state index contributed by atoms with van der Waals surface area (Å²) in [5.74, 6) is -0.900. The van der Waals surface area contributed by atoms with Crippen molar-refractivity contribution in [2.75, 3.05) is 13.2 Å². The first-order valence-electron chi connectivity index (χ1n) is 23.8. The van der Waals surface area contributed by atoms with E-state index < -0.39 is 6.10 Å². The molecule has 57 heavy (non-hydrogen) atoms. The van der Waals surface area contributed by atoms with Crippen LogP contribution < -0.4 is 0 Å². The molecule has 0 bridgehead atoms. The number of carbonyl (C=O) groups excluding carboxylic acids is 3. The van der Waals surface area contributed by atoms with Crippen LogP contribution in [0.25, 0.3) is 0 Å². The summed E-state index contributed by atoms with van der Waals surface area (Å²) in [6, 6.07) is 0. The molecule has 0 fully saturated rings. The van der Waals surface area contributed by atoms with Crippen LogP contribution in [0.15, 0.2) is 60.8 Å². The van der Waals surface area contributed by atoms with Gasteiger partial charge in [0, 0.05) is 19.3 Å². The van der Waals surface area contributed by atoms with Crippen molar-refractivity contribution >= 4 is 17.9 Å². The molecule has 0 saturated heterocycles. The summed E-state index contributed by atoms with van der Waals surface area (Å²) in [4.78, 5) is 37.3. The van der Waals surface area contributed by atoms with Gasteiger partial charge < -0.3 is 14.2 Å². The van der Waals surface area contributed by atoms with Gasteiger partial charge in [0.15, 0.2) is 6.10 Å². The minimum Gasteiger partial charge on any atom is -0.462 e. The number of carbonyl (C=O) groups is 3. The Hall–Kier alpha value is -2.89. The Balaban J connectivity index is 3.96. The highest BCUT2D eigenvalue weighted by molar-refractivity contribution is 5.71. The lowest BCUT2D eigenvalue weighted by molar-refractivity contribution is -0.167. The molecular weight excluding hydrogens is 709 g/mol. The summed E-state index contributed by atoms with van der Waals surface area (Å²) in [7, 11) is 0. The van der Waals surface area contributed by atoms with E-state index in [1.165, 1.54) is 89.9 Å². The van der Waals surface area contributed by atoms with Crippen molar-refractivity contribution in [1.29, 1.82) is 0 Å². The van der Waals surface area contributed by atoms with Crippen LogP contribution in [0.5, 0.6) is 0 Å². The fraction of sp³-hybridized carbons (Fsp3) is 0.745. The van der Waals surface area contributed by atoms with Gasteiger partial charge in [0.05, 0.1) is 0 Å². The molecule has 328 valence electrons. The number of hydrogen-bond donors (Lipinski definition) is 0. The van der Waals surface area contributed by atoms with Gasteiger partial charge in [0.25, 0.3) is 0 Å². The maximum Gasteiger partial charge on any atom is 0.306 e. The van der Waals surface area contributed by atoms with E-state index in [-0.39, 0.29) is 31.1 Å². The predicted octanol–water partition coefficient (Wildman–Crippen LogP) is 15.3. The van der Waals surface area contributed by atoms with Gasteiger partial charge in [0.2, 0.25) is 0 Å². The van der Waals surface area contributed by atoms with E-state index in [1.807, 2.05) is 0 Å². The normalized spacial score (nSPS) is 12.5. The zero-order valence-electron chi connectivity index (χ0n) is 37.3. The molecule has 6 nitrogen and oxygen atoms in total. The Bertz CT molecular complexity index is 1050. The molecule has 0 aromatic rings. The van der Waals surface area contributed by atoms with Gasteiger partial charge in [-0.05, 0) is 64.2 Å². The van der Waals surface area contributed by atoms with Gasteiger partial charge in [-0.3, -0.25) is 14.4 Å². The van der Waals surface area contributed by atoms with Crippen LogP contribution in [-0.2, 0) is 28.6 Å². The Kier molecular flexibility index (Phi) is 43.5. The second-order valence-electron chi connectivity index (χ2n) is 15.6. The Morgan fingerprint density at radius 3 is 1.07 bits per heavy atom. The van der Waals surface area contributed by atoms with E-state index in [1.54, 1.807) is 0 Å². The SMILES string of the molecule is CC/C=C\C/C=C\C/C=C\C/C=C\C/C=C\CCCCCCCCCCCCCC(=O)OCC(COC(=O)CCCCCCC)OC(=O)CCCCCCCCC. The first-order chi connectivity index (χ1) is 28.0. The third-order valence-electron chi connectivity index (χ3n) is 10.0. The molecule has 0 aromatic carbocycles. The molecule has 0 aliphatic rings. The van der Waals surface area contributed by atoms with Crippen molar-refractivity contribution < 1.29 is 28.6 Å². The summed E-state index contributed by atoms with van der Waals surface area (Å²) in [6.07, 6.45) is 55.5. The number of hydrogen-bond acceptors (Lipinski definition) is 6. The van der Waals surface area contributed by atoms with E-state index in [0.717, 1.165) is 96.3 Å². The lowest BCUT2D eigenvalue weighted by Crippen LogP contribution is -2.30. The summed E-state index contributed by atoms with van der Waals surface area (Å²) in [6.45, 7) is 6.38. The number of allylic oxidation sites excluding steroid dienone is 10. The van der Waals surface area contributed by atoms with Gasteiger partial charge in [0.1, 0.15) is 13.2 Å². The highest BCUT2D eigenvalue weighted by Gasteiger charge is 2.19. The van der Waals surface area contributed by atoms with Crippen molar-refractivity contribution in [3.63, 3.8) is 0 Å². The average Bonchev–Trinajstić information content (AvgIpc) is 3.21. The van der Waals surface area contributed by atoms with E-state index in [9.17, 15) is 14.4 Å². The fourth-order valence-electron chi connectivity index (χ4n) is 6.47. The molecule has 0 rings (SSSR count). The predicted molar refractivity (Wildman–Crippen MR) is 242 cm³/mol. The quantitative estimate of drug-likeness (QED) is 0.0265. The molecule has 0 saturated carbocycles. The van der Waals surface area contributed by atoms with Crippen LogP contribution >= 0.6 is 0 Å². The molecule has 0 aliphatic heterocycles. The zero-order chi connectivity index (χ0) is 41.5. The average molecular weight is 797 g/mol. The lowest BCUT2D eigenvalue weighted by Gasteiger charge is -2.18. The van der Waals surface area contributed by atoms with Crippen LogP contribution in [-0.4, -0.2) is 37.2 Å². The lowest BCUT2D eigenvalue weighted by atomic mass is 10.0. The highest BCUT2D eigenvalue weighted by Crippen LogP contribution is 2.14. The minimum atomic E-state index is -0.765. The van der Waals surface area contributed by atoms with Gasteiger partial charge >= 0.3 is 17.9 Å². The van der Waals surface area contributed by atoms with E-state index >= 15 is 0 Å². The van der Waals surface area contributed by atoms with Crippen LogP contribution in [0.2, 0.25) is 0 Å². The van der Waals surface area contributed by atoms with Crippen molar-refractivity contribution in [2.45, 2.75) is 232 Å². The summed E-state index contributed by atoms with van der Waals surface area (Å²) < 4.78 is 16.5. The van der Waals surface area contributed by atoms with Crippen LogP contribution in [0.1, 0.15) is 226 Å². The second-order valence-corrected chi connectivity index (χ2v) is 15.6. The highest BCUT2D eigenvalue weighted by atomic mass is 16.6. The van der Waals surface area contributed by atoms with E-state index in [2.05, 4.69) is 81.5 Å². The molecule has 0 N–H and O–H groups in total. The molecule has 6 heteroatoms. The number of esters is 3. The first-order valence-corrected chi connectivity index (χ1v) is 23.8. The Morgan fingerprint density at radius 2 is 0.684 bits per heavy atom. The van der Waals surface area contributed by atoms with E-state index in [4.69, 9.17) is 14.2 Å². The summed E-state index contributed by atoms with van der Waals surface area (Å²) in [5, 5.41) is 0. The largest absolute Gasteiger partial charge is 0.462 e. The fourth-order valence-corrected chi connectivity index (χ4v) is 6.47. The van der Waals surface area contributed by atoms with Crippen molar-refractivity contribution in [2.24, 2.45) is 0 Å². The molecule has 0 amide bonds. The van der Waals surface area contributed by atoms with Gasteiger partial charge in [-0.25, -0.2) is 0 Å². The van der Waals surface area contributed by atoms with Crippen molar-refractivity contribution in [3.8, 4) is 0 Å². The third-order valence-corrected chi connectivity index (χ3v) is 10.0. The molecule has 0 aromatic heterocycles. The molecule has 0 heterocycles. The minimum absolute atomic E-state index is 0.0745. The molecular formula is C51H88O6. The monoisotopic (exact) mass is 797 g/mol. The Labute approximate surface area is 351 Å². The van der Waals surface area contributed by atoms with Crippen LogP contribution in [0.4, 0.5) is 0 Å². The molecule has 1 unspecified atom stereocenters. The first kappa shape index (κ1) is 54.1. The summed E-state index contributed by atoms with van der Waals surface area (Å²) in [5.41, 5.74) is 0. The number of unbranched alkanes of at least 4 members (excludes halogenated alkanes) is 21. The topological polar surface area (TPSA) is 78.9 Å². The van der Waals surface area contributed by atoms with Crippen molar-refractivity contribution in [1.82, 2.24) is 0 Å². The number of ether oxygens (including phenoxy) is 3. The molecule has 0 radical (unpaired) electrons. The third kappa shape index (κ3) is 44.1. The molecule has 0 spiro atoms. The molecule has 1 atom stereocenters. The zero-order valence-corrected chi connectivity index (χ0v) is 37.3. The smallest absolute Gasteiger partial charge is 0.306 e. The summed E-state index contributed by atoms with van der Waals surface area (Å²) >= 11 is 0. The van der Waals surface area contributed by atoms with Crippen LogP contribution in [0, 0.1) is 0 Å². The van der Waals surface area contributed by atoms with Gasteiger partial charge in [-0.2, -0.15) is 0 Å². The number of rotatable bonds is 42. The standard InChI is InChI=1S/C51H88O6/c1-4-7-10-13-15-16-17-18-19-20-21-22-23-24-25-26-27-28-29-30-31-32-33-34-36-38-41-44-50(53)56-47-48(46-55-49(52)43-40-37-12-9-6-3)57-51(54)45-42-39-35-14-11-8-5-2/h7,10,15-16,18-19,21-22,24-25,48H,4-6,8-9,11-14,17,20,23,26-47H2,1-3H3/b10-7-,16-15-,19-18-,22-21-,25-24-. The Morgan fingerprint density at radius 1 is 0.368 bits per heavy atom.